The number of hydrogen-bond donors (Lipinski definition) is 2. The highest BCUT2D eigenvalue weighted by Gasteiger charge is 2.09. The summed E-state index contributed by atoms with van der Waals surface area (Å²) in [5.41, 5.74) is 0. The summed E-state index contributed by atoms with van der Waals surface area (Å²) >= 11 is 0. The molecule has 0 aromatic heterocycles. The lowest BCUT2D eigenvalue weighted by atomic mass is 10.2. The third-order valence-corrected chi connectivity index (χ3v) is 1.33. The van der Waals surface area contributed by atoms with E-state index in [4.69, 9.17) is 10.2 Å². The van der Waals surface area contributed by atoms with Crippen LogP contribution in [0.3, 0.4) is 0 Å². The summed E-state index contributed by atoms with van der Waals surface area (Å²) in [6.45, 7) is 5.86. The Morgan fingerprint density at radius 1 is 1.36 bits per heavy atom. The zero-order valence-corrected chi connectivity index (χ0v) is 8.95. The van der Waals surface area contributed by atoms with Gasteiger partial charge in [0.2, 0.25) is 0 Å². The Kier molecular flexibility index (Phi) is 10.7. The SMILES string of the molecule is CCCCC(C)(O)P.CCO. The van der Waals surface area contributed by atoms with Crippen molar-refractivity contribution in [3.05, 3.63) is 0 Å². The Bertz CT molecular complexity index is 69.0. The first-order valence-corrected chi connectivity index (χ1v) is 4.67. The van der Waals surface area contributed by atoms with Gasteiger partial charge >= 0.3 is 0 Å². The van der Waals surface area contributed by atoms with Crippen molar-refractivity contribution in [2.45, 2.75) is 45.4 Å². The standard InChI is InChI=1S/C6H15OP.C2H6O/c1-3-4-5-6(2,7)8;1-2-3/h7H,3-5,8H2,1-2H3;3H,2H2,1H3. The maximum Gasteiger partial charge on any atom is 0.0750 e. The minimum atomic E-state index is -0.532. The topological polar surface area (TPSA) is 40.5 Å². The molecule has 2 N–H and O–H groups in total. The summed E-state index contributed by atoms with van der Waals surface area (Å²) in [6, 6.07) is 0. The molecule has 0 aliphatic rings. The first-order valence-electron chi connectivity index (χ1n) is 4.10. The highest BCUT2D eigenvalue weighted by molar-refractivity contribution is 7.18. The highest BCUT2D eigenvalue weighted by atomic mass is 31.0. The zero-order valence-electron chi connectivity index (χ0n) is 7.80. The van der Waals surface area contributed by atoms with Gasteiger partial charge in [0.1, 0.15) is 0 Å². The average molecular weight is 180 g/mol. The van der Waals surface area contributed by atoms with Gasteiger partial charge in [-0.3, -0.25) is 0 Å². The van der Waals surface area contributed by atoms with Crippen LogP contribution in [-0.2, 0) is 0 Å². The van der Waals surface area contributed by atoms with Crippen molar-refractivity contribution in [2.24, 2.45) is 0 Å². The summed E-state index contributed by atoms with van der Waals surface area (Å²) in [5.74, 6) is 0. The molecule has 0 amide bonds. The van der Waals surface area contributed by atoms with Gasteiger partial charge in [-0.05, 0) is 20.3 Å². The van der Waals surface area contributed by atoms with E-state index in [9.17, 15) is 0 Å². The van der Waals surface area contributed by atoms with Crippen LogP contribution < -0.4 is 0 Å². The third-order valence-electron chi connectivity index (χ3n) is 1.04. The molecule has 0 radical (unpaired) electrons. The summed E-state index contributed by atoms with van der Waals surface area (Å²) in [4.78, 5) is 0. The molecule has 2 unspecified atom stereocenters. The minimum Gasteiger partial charge on any atom is -0.397 e. The largest absolute Gasteiger partial charge is 0.397 e. The molecule has 11 heavy (non-hydrogen) atoms. The van der Waals surface area contributed by atoms with Gasteiger partial charge in [-0.1, -0.05) is 19.8 Å². The average Bonchev–Trinajstić information content (AvgIpc) is 1.84. The maximum atomic E-state index is 9.11. The Morgan fingerprint density at radius 3 is 1.82 bits per heavy atom. The molecule has 0 heterocycles. The van der Waals surface area contributed by atoms with Gasteiger partial charge in [-0.15, -0.1) is 9.24 Å². The number of hydrogen-bond acceptors (Lipinski definition) is 2. The summed E-state index contributed by atoms with van der Waals surface area (Å²) in [6.07, 6.45) is 3.15. The van der Waals surface area contributed by atoms with Crippen LogP contribution in [0.1, 0.15) is 40.0 Å². The van der Waals surface area contributed by atoms with E-state index < -0.39 is 5.34 Å². The fraction of sp³-hybridized carbons (Fsp3) is 1.00. The quantitative estimate of drug-likeness (QED) is 0.650. The Labute approximate surface area is 72.2 Å². The van der Waals surface area contributed by atoms with Crippen LogP contribution in [0.4, 0.5) is 0 Å². The van der Waals surface area contributed by atoms with Crippen LogP contribution in [-0.4, -0.2) is 22.2 Å². The van der Waals surface area contributed by atoms with Crippen LogP contribution in [0.15, 0.2) is 0 Å². The maximum absolute atomic E-state index is 9.11. The summed E-state index contributed by atoms with van der Waals surface area (Å²) in [7, 11) is 2.42. The fourth-order valence-corrected chi connectivity index (χ4v) is 0.739. The smallest absolute Gasteiger partial charge is 0.0750 e. The molecular formula is C8H21O2P. The molecule has 0 bridgehead atoms. The number of aliphatic hydroxyl groups is 2. The van der Waals surface area contributed by atoms with E-state index in [1.165, 1.54) is 0 Å². The zero-order chi connectivity index (χ0) is 9.33. The Hall–Kier alpha value is 0.350. The lowest BCUT2D eigenvalue weighted by Gasteiger charge is -2.15. The first kappa shape index (κ1) is 13.9. The molecule has 3 heteroatoms. The Morgan fingerprint density at radius 2 is 1.73 bits per heavy atom. The van der Waals surface area contributed by atoms with Crippen molar-refractivity contribution in [3.63, 3.8) is 0 Å². The highest BCUT2D eigenvalue weighted by Crippen LogP contribution is 2.19. The van der Waals surface area contributed by atoms with E-state index in [0.717, 1.165) is 19.3 Å². The van der Waals surface area contributed by atoms with E-state index in [0.29, 0.717) is 0 Å². The second-order valence-electron chi connectivity index (χ2n) is 2.78. The van der Waals surface area contributed by atoms with E-state index in [2.05, 4.69) is 16.2 Å². The van der Waals surface area contributed by atoms with E-state index >= 15 is 0 Å². The van der Waals surface area contributed by atoms with Gasteiger partial charge in [0.05, 0.1) is 5.34 Å². The molecular weight excluding hydrogens is 159 g/mol. The molecule has 0 aliphatic heterocycles. The molecule has 0 fully saturated rings. The van der Waals surface area contributed by atoms with Crippen LogP contribution >= 0.6 is 9.24 Å². The van der Waals surface area contributed by atoms with E-state index in [-0.39, 0.29) is 6.61 Å². The molecule has 0 saturated heterocycles. The fourth-order valence-electron chi connectivity index (χ4n) is 0.535. The minimum absolute atomic E-state index is 0.250. The molecule has 2 atom stereocenters. The van der Waals surface area contributed by atoms with Crippen molar-refractivity contribution < 1.29 is 10.2 Å². The molecule has 70 valence electrons. The second kappa shape index (κ2) is 8.45. The predicted molar refractivity (Wildman–Crippen MR) is 52.6 cm³/mol. The van der Waals surface area contributed by atoms with Crippen molar-refractivity contribution in [3.8, 4) is 0 Å². The van der Waals surface area contributed by atoms with Gasteiger partial charge in [0.25, 0.3) is 0 Å². The van der Waals surface area contributed by atoms with Crippen molar-refractivity contribution in [2.75, 3.05) is 6.61 Å². The second-order valence-corrected chi connectivity index (χ2v) is 4.02. The van der Waals surface area contributed by atoms with Gasteiger partial charge in [0, 0.05) is 6.61 Å². The monoisotopic (exact) mass is 180 g/mol. The van der Waals surface area contributed by atoms with Crippen molar-refractivity contribution >= 4 is 9.24 Å². The first-order chi connectivity index (χ1) is 4.97. The molecule has 0 saturated carbocycles. The molecule has 0 rings (SSSR count). The van der Waals surface area contributed by atoms with Gasteiger partial charge in [0.15, 0.2) is 0 Å². The van der Waals surface area contributed by atoms with E-state index in [1.54, 1.807) is 6.92 Å². The van der Waals surface area contributed by atoms with Crippen molar-refractivity contribution in [1.82, 2.24) is 0 Å². The number of aliphatic hydroxyl groups excluding tert-OH is 1. The van der Waals surface area contributed by atoms with Crippen molar-refractivity contribution in [1.29, 1.82) is 0 Å². The molecule has 0 spiro atoms. The Balaban J connectivity index is 0. The molecule has 0 aromatic carbocycles. The summed E-state index contributed by atoms with van der Waals surface area (Å²) in [5, 5.41) is 16.1. The molecule has 0 aromatic rings. The number of unbranched alkanes of at least 4 members (excludes halogenated alkanes) is 1. The van der Waals surface area contributed by atoms with Crippen LogP contribution in [0.5, 0.6) is 0 Å². The normalized spacial score (nSPS) is 14.7. The van der Waals surface area contributed by atoms with Crippen LogP contribution in [0.25, 0.3) is 0 Å². The predicted octanol–water partition coefficient (Wildman–Crippen LogP) is 1.76. The third kappa shape index (κ3) is 25.2. The van der Waals surface area contributed by atoms with Crippen LogP contribution in [0.2, 0.25) is 0 Å². The summed E-state index contributed by atoms with van der Waals surface area (Å²) < 4.78 is 0. The van der Waals surface area contributed by atoms with Crippen LogP contribution in [0, 0.1) is 0 Å². The van der Waals surface area contributed by atoms with Gasteiger partial charge in [-0.25, -0.2) is 0 Å². The molecule has 0 aliphatic carbocycles. The number of rotatable bonds is 3. The molecule has 2 nitrogen and oxygen atoms in total. The van der Waals surface area contributed by atoms with Gasteiger partial charge < -0.3 is 10.2 Å². The van der Waals surface area contributed by atoms with Gasteiger partial charge in [-0.2, -0.15) is 0 Å². The van der Waals surface area contributed by atoms with E-state index in [1.807, 2.05) is 6.92 Å². The lowest BCUT2D eigenvalue weighted by molar-refractivity contribution is 0.143. The lowest BCUT2D eigenvalue weighted by Crippen LogP contribution is -2.12.